The zero-order valence-corrected chi connectivity index (χ0v) is 20.3. The first-order chi connectivity index (χ1) is 16.2. The minimum Gasteiger partial charge on any atom is -0.492 e. The Hall–Kier alpha value is -3.14. The summed E-state index contributed by atoms with van der Waals surface area (Å²) < 4.78 is 47.6. The summed E-state index contributed by atoms with van der Waals surface area (Å²) in [6.45, 7) is 0.481. The Labute approximate surface area is 203 Å². The third-order valence-electron chi connectivity index (χ3n) is 4.87. The van der Waals surface area contributed by atoms with Crippen molar-refractivity contribution < 1.29 is 22.3 Å². The van der Waals surface area contributed by atoms with Crippen molar-refractivity contribution in [2.45, 2.75) is 6.54 Å². The Bertz CT molecular complexity index is 1220. The van der Waals surface area contributed by atoms with Gasteiger partial charge in [0.15, 0.2) is 0 Å². The number of carbonyl (C=O) groups excluding carboxylic acids is 1. The van der Waals surface area contributed by atoms with Crippen LogP contribution in [0.1, 0.15) is 15.9 Å². The molecule has 0 aromatic heterocycles. The first kappa shape index (κ1) is 25.5. The van der Waals surface area contributed by atoms with Crippen molar-refractivity contribution in [1.29, 1.82) is 0 Å². The fourth-order valence-electron chi connectivity index (χ4n) is 3.04. The van der Waals surface area contributed by atoms with Crippen LogP contribution in [0.2, 0.25) is 5.02 Å². The van der Waals surface area contributed by atoms with Crippen LogP contribution in [-0.4, -0.2) is 45.9 Å². The van der Waals surface area contributed by atoms with E-state index in [9.17, 15) is 17.6 Å². The van der Waals surface area contributed by atoms with Crippen LogP contribution in [0.5, 0.6) is 5.75 Å². The number of hydrogen-bond donors (Lipinski definition) is 1. The number of carbonyl (C=O) groups is 1. The number of anilines is 1. The van der Waals surface area contributed by atoms with Crippen LogP contribution < -0.4 is 14.4 Å². The molecule has 3 aromatic carbocycles. The van der Waals surface area contributed by atoms with E-state index in [1.165, 1.54) is 32.3 Å². The second kappa shape index (κ2) is 11.3. The third kappa shape index (κ3) is 6.47. The van der Waals surface area contributed by atoms with Gasteiger partial charge in [0, 0.05) is 24.7 Å². The molecule has 0 heterocycles. The molecule has 0 atom stereocenters. The van der Waals surface area contributed by atoms with Crippen LogP contribution in [-0.2, 0) is 16.8 Å². The number of amides is 1. The quantitative estimate of drug-likeness (QED) is 0.421. The molecule has 34 heavy (non-hydrogen) atoms. The van der Waals surface area contributed by atoms with Crippen LogP contribution in [0.3, 0.4) is 0 Å². The molecule has 0 fully saturated rings. The summed E-state index contributed by atoms with van der Waals surface area (Å²) >= 11 is 5.83. The van der Waals surface area contributed by atoms with Gasteiger partial charge in [-0.1, -0.05) is 35.9 Å². The van der Waals surface area contributed by atoms with Gasteiger partial charge in [0.25, 0.3) is 5.91 Å². The molecular weight excluding hydrogens is 481 g/mol. The van der Waals surface area contributed by atoms with Gasteiger partial charge in [0.05, 0.1) is 18.8 Å². The lowest BCUT2D eigenvalue weighted by atomic mass is 10.1. The Kier molecular flexibility index (Phi) is 8.49. The van der Waals surface area contributed by atoms with Crippen LogP contribution in [0.25, 0.3) is 0 Å². The smallest absolute Gasteiger partial charge is 0.303 e. The fourth-order valence-corrected chi connectivity index (χ4v) is 4.26. The molecule has 3 rings (SSSR count). The average Bonchev–Trinajstić information content (AvgIpc) is 2.82. The minimum absolute atomic E-state index is 0.0568. The molecule has 0 radical (unpaired) electrons. The number of benzene rings is 3. The Morgan fingerprint density at radius 2 is 1.65 bits per heavy atom. The molecular formula is C24H25ClFN3O4S. The number of para-hydroxylation sites is 1. The molecule has 1 N–H and O–H groups in total. The monoisotopic (exact) mass is 505 g/mol. The van der Waals surface area contributed by atoms with Crippen molar-refractivity contribution >= 4 is 33.4 Å². The first-order valence-corrected chi connectivity index (χ1v) is 12.2. The minimum atomic E-state index is -3.95. The molecule has 0 aliphatic rings. The van der Waals surface area contributed by atoms with Crippen molar-refractivity contribution in [3.8, 4) is 5.75 Å². The van der Waals surface area contributed by atoms with Gasteiger partial charge in [-0.2, -0.15) is 12.7 Å². The largest absolute Gasteiger partial charge is 0.492 e. The van der Waals surface area contributed by atoms with E-state index in [0.29, 0.717) is 28.4 Å². The van der Waals surface area contributed by atoms with Crippen LogP contribution >= 0.6 is 11.6 Å². The zero-order chi connectivity index (χ0) is 24.7. The fraction of sp³-hybridized carbons (Fsp3) is 0.208. The summed E-state index contributed by atoms with van der Waals surface area (Å²) in [7, 11) is -1.19. The first-order valence-electron chi connectivity index (χ1n) is 10.4. The van der Waals surface area contributed by atoms with Crippen LogP contribution in [0.4, 0.5) is 10.1 Å². The number of nitrogens with zero attached hydrogens (tertiary/aromatic N) is 2. The lowest BCUT2D eigenvalue weighted by Crippen LogP contribution is -2.40. The predicted octanol–water partition coefficient (Wildman–Crippen LogP) is 4.10. The highest BCUT2D eigenvalue weighted by Gasteiger charge is 2.27. The molecule has 7 nitrogen and oxygen atoms in total. The average molecular weight is 506 g/mol. The number of halogens is 2. The van der Waals surface area contributed by atoms with Crippen molar-refractivity contribution in [1.82, 2.24) is 9.62 Å². The highest BCUT2D eigenvalue weighted by Crippen LogP contribution is 2.25. The van der Waals surface area contributed by atoms with Crippen LogP contribution in [0.15, 0.2) is 72.8 Å². The summed E-state index contributed by atoms with van der Waals surface area (Å²) in [5, 5.41) is 3.37. The van der Waals surface area contributed by atoms with Crippen molar-refractivity contribution in [3.05, 3.63) is 94.8 Å². The summed E-state index contributed by atoms with van der Waals surface area (Å²) in [6.07, 6.45) is 0. The maximum Gasteiger partial charge on any atom is 0.303 e. The second-order valence-electron chi connectivity index (χ2n) is 7.50. The van der Waals surface area contributed by atoms with Gasteiger partial charge < -0.3 is 10.1 Å². The summed E-state index contributed by atoms with van der Waals surface area (Å²) in [6, 6.07) is 19.0. The van der Waals surface area contributed by atoms with Gasteiger partial charge in [-0.25, -0.2) is 4.39 Å². The molecule has 0 aliphatic carbocycles. The molecule has 0 aliphatic heterocycles. The highest BCUT2D eigenvalue weighted by atomic mass is 35.5. The topological polar surface area (TPSA) is 79.0 Å². The SMILES string of the molecule is CN(C)S(=O)(=O)N(Cc1ccc(C(=O)NCCOc2ccc(Cl)cc2)cc1)c1ccccc1F. The Balaban J connectivity index is 1.63. The zero-order valence-electron chi connectivity index (χ0n) is 18.7. The summed E-state index contributed by atoms with van der Waals surface area (Å²) in [5.74, 6) is -0.294. The maximum absolute atomic E-state index is 14.4. The van der Waals surface area contributed by atoms with Crippen LogP contribution in [0, 0.1) is 5.82 Å². The second-order valence-corrected chi connectivity index (χ2v) is 10.0. The van der Waals surface area contributed by atoms with E-state index >= 15 is 0 Å². The van der Waals surface area contributed by atoms with Gasteiger partial charge in [-0.3, -0.25) is 9.10 Å². The van der Waals surface area contributed by atoms with E-state index in [2.05, 4.69) is 5.32 Å². The van der Waals surface area contributed by atoms with Gasteiger partial charge in [0.2, 0.25) is 0 Å². The maximum atomic E-state index is 14.4. The molecule has 0 bridgehead atoms. The number of hydrogen-bond acceptors (Lipinski definition) is 4. The van der Waals surface area contributed by atoms with E-state index in [4.69, 9.17) is 16.3 Å². The Morgan fingerprint density at radius 1 is 1.00 bits per heavy atom. The van der Waals surface area contributed by atoms with E-state index in [1.54, 1.807) is 54.6 Å². The molecule has 3 aromatic rings. The summed E-state index contributed by atoms with van der Waals surface area (Å²) in [4.78, 5) is 12.4. The molecule has 0 unspecified atom stereocenters. The van der Waals surface area contributed by atoms with E-state index in [-0.39, 0.29) is 24.7 Å². The molecule has 0 saturated carbocycles. The lowest BCUT2D eigenvalue weighted by molar-refractivity contribution is 0.0947. The van der Waals surface area contributed by atoms with E-state index in [1.807, 2.05) is 0 Å². The van der Waals surface area contributed by atoms with Crippen molar-refractivity contribution in [2.24, 2.45) is 0 Å². The Morgan fingerprint density at radius 3 is 2.26 bits per heavy atom. The number of nitrogens with one attached hydrogen (secondary N) is 1. The van der Waals surface area contributed by atoms with Gasteiger partial charge >= 0.3 is 10.2 Å². The van der Waals surface area contributed by atoms with E-state index in [0.717, 1.165) is 8.61 Å². The summed E-state index contributed by atoms with van der Waals surface area (Å²) in [5.41, 5.74) is 0.943. The number of rotatable bonds is 10. The van der Waals surface area contributed by atoms with Gasteiger partial charge in [-0.05, 0) is 54.1 Å². The van der Waals surface area contributed by atoms with Gasteiger partial charge in [0.1, 0.15) is 18.2 Å². The third-order valence-corrected chi connectivity index (χ3v) is 6.93. The predicted molar refractivity (Wildman–Crippen MR) is 131 cm³/mol. The molecule has 180 valence electrons. The molecule has 1 amide bonds. The molecule has 10 heteroatoms. The molecule has 0 saturated heterocycles. The van der Waals surface area contributed by atoms with Gasteiger partial charge in [-0.15, -0.1) is 0 Å². The molecule has 0 spiro atoms. The lowest BCUT2D eigenvalue weighted by Gasteiger charge is -2.27. The van der Waals surface area contributed by atoms with Crippen molar-refractivity contribution in [3.63, 3.8) is 0 Å². The normalized spacial score (nSPS) is 11.3. The standard InChI is InChI=1S/C24H25ClFN3O4S/c1-28(2)34(31,32)29(23-6-4-3-5-22(23)26)17-18-7-9-19(10-8-18)24(30)27-15-16-33-21-13-11-20(25)12-14-21/h3-14H,15-17H2,1-2H3,(H,27,30). The highest BCUT2D eigenvalue weighted by molar-refractivity contribution is 7.90. The number of ether oxygens (including phenoxy) is 1. The van der Waals surface area contributed by atoms with Crippen molar-refractivity contribution in [2.75, 3.05) is 31.6 Å². The van der Waals surface area contributed by atoms with E-state index < -0.39 is 16.0 Å².